The number of benzene rings is 2. The Morgan fingerprint density at radius 3 is 2.40 bits per heavy atom. The first kappa shape index (κ1) is 30.6. The lowest BCUT2D eigenvalue weighted by Gasteiger charge is -2.56. The second-order valence-electron chi connectivity index (χ2n) is 11.8. The van der Waals surface area contributed by atoms with Gasteiger partial charge in [-0.25, -0.2) is 4.39 Å². The highest BCUT2D eigenvalue weighted by Crippen LogP contribution is 2.64. The minimum absolute atomic E-state index is 0.140. The zero-order valence-electron chi connectivity index (χ0n) is 23.6. The second-order valence-corrected chi connectivity index (χ2v) is 11.8. The highest BCUT2D eigenvalue weighted by molar-refractivity contribution is 5.94. The number of hydrogen-bond donors (Lipinski definition) is 3. The van der Waals surface area contributed by atoms with E-state index in [1.165, 1.54) is 42.6 Å². The lowest BCUT2D eigenvalue weighted by molar-refractivity contribution is -0.513. The van der Waals surface area contributed by atoms with E-state index in [0.29, 0.717) is 24.8 Å². The number of ether oxygens (including phenoxy) is 1. The summed E-state index contributed by atoms with van der Waals surface area (Å²) in [6.07, 6.45) is 0.974. The molecule has 0 aromatic heterocycles. The summed E-state index contributed by atoms with van der Waals surface area (Å²) in [7, 11) is 0. The van der Waals surface area contributed by atoms with E-state index in [1.807, 2.05) is 18.3 Å². The van der Waals surface area contributed by atoms with E-state index in [4.69, 9.17) is 5.41 Å². The predicted octanol–water partition coefficient (Wildman–Crippen LogP) is 7.43. The Morgan fingerprint density at radius 2 is 1.79 bits per heavy atom. The van der Waals surface area contributed by atoms with E-state index in [-0.39, 0.29) is 23.7 Å². The molecule has 228 valence electrons. The van der Waals surface area contributed by atoms with Crippen LogP contribution in [0.4, 0.5) is 37.7 Å². The third-order valence-electron chi connectivity index (χ3n) is 9.16. The molecule has 2 aromatic rings. The van der Waals surface area contributed by atoms with Crippen molar-refractivity contribution in [3.8, 4) is 5.75 Å². The number of carbonyl (C=O) groups excluding carboxylic acids is 1. The van der Waals surface area contributed by atoms with E-state index in [0.717, 1.165) is 22.5 Å². The van der Waals surface area contributed by atoms with E-state index < -0.39 is 41.4 Å². The van der Waals surface area contributed by atoms with Gasteiger partial charge < -0.3 is 15.5 Å². The van der Waals surface area contributed by atoms with Crippen molar-refractivity contribution in [3.05, 3.63) is 88.9 Å². The largest absolute Gasteiger partial charge is 0.435 e. The summed E-state index contributed by atoms with van der Waals surface area (Å²) in [6, 6.07) is 11.0. The lowest BCUT2D eigenvalue weighted by Crippen LogP contribution is -2.76. The molecule has 5 nitrogen and oxygen atoms in total. The van der Waals surface area contributed by atoms with Crippen molar-refractivity contribution in [2.45, 2.75) is 52.3 Å². The number of allylic oxidation sites excluding steroid dienone is 5. The summed E-state index contributed by atoms with van der Waals surface area (Å²) < 4.78 is 86.1. The van der Waals surface area contributed by atoms with Crippen molar-refractivity contribution >= 4 is 23.5 Å². The molecule has 0 aliphatic heterocycles. The number of halogens is 6. The second kappa shape index (κ2) is 11.3. The van der Waals surface area contributed by atoms with Gasteiger partial charge in [-0.2, -0.15) is 22.0 Å². The minimum atomic E-state index is -4.64. The van der Waals surface area contributed by atoms with Crippen LogP contribution in [0, 0.1) is 33.9 Å². The molecule has 0 spiro atoms. The zero-order chi connectivity index (χ0) is 31.2. The first-order valence-corrected chi connectivity index (χ1v) is 13.9. The molecule has 4 N–H and O–H groups in total. The summed E-state index contributed by atoms with van der Waals surface area (Å²) in [5, 5.41) is 12.6. The molecule has 0 bridgehead atoms. The molecule has 0 radical (unpaired) electrons. The molecule has 1 saturated carbocycles. The van der Waals surface area contributed by atoms with Crippen LogP contribution in [0.1, 0.15) is 39.5 Å². The minimum Gasteiger partial charge on any atom is -0.435 e. The fourth-order valence-electron chi connectivity index (χ4n) is 7.16. The van der Waals surface area contributed by atoms with Gasteiger partial charge in [0.1, 0.15) is 23.0 Å². The molecule has 0 unspecified atom stereocenters. The van der Waals surface area contributed by atoms with Crippen molar-refractivity contribution < 1.29 is 41.2 Å². The molecule has 43 heavy (non-hydrogen) atoms. The topological polar surface area (TPSA) is 78.8 Å². The average Bonchev–Trinajstić information content (AvgIpc) is 2.93. The number of carbonyl (C=O) groups is 1. The number of hydrogen-bond acceptors (Lipinski definition) is 3. The Morgan fingerprint density at radius 1 is 1.12 bits per heavy atom. The first-order valence-electron chi connectivity index (χ1n) is 13.9. The van der Waals surface area contributed by atoms with E-state index in [9.17, 15) is 31.1 Å². The van der Waals surface area contributed by atoms with Gasteiger partial charge in [-0.05, 0) is 68.2 Å². The molecule has 3 aliphatic rings. The first-order chi connectivity index (χ1) is 20.2. The fourth-order valence-corrected chi connectivity index (χ4v) is 7.16. The number of anilines is 1. The highest BCUT2D eigenvalue weighted by Gasteiger charge is 2.61. The Balaban J connectivity index is 1.47. The van der Waals surface area contributed by atoms with Crippen LogP contribution >= 0.6 is 0 Å². The van der Waals surface area contributed by atoms with Gasteiger partial charge in [0.15, 0.2) is 0 Å². The fraction of sp³-hybridized carbons (Fsp3) is 0.375. The molecule has 5 rings (SSSR count). The van der Waals surface area contributed by atoms with Crippen LogP contribution < -0.4 is 15.4 Å². The van der Waals surface area contributed by atoms with Gasteiger partial charge >= 0.3 is 12.8 Å². The zero-order valence-corrected chi connectivity index (χ0v) is 23.6. The lowest BCUT2D eigenvalue weighted by atomic mass is 9.47. The Kier molecular flexibility index (Phi) is 8.06. The van der Waals surface area contributed by atoms with Gasteiger partial charge in [0.05, 0.1) is 11.8 Å². The van der Waals surface area contributed by atoms with Crippen molar-refractivity contribution in [1.82, 2.24) is 0 Å². The number of amides is 1. The maximum atomic E-state index is 14.4. The number of quaternary nitrogens is 1. The maximum absolute atomic E-state index is 14.4. The number of rotatable bonds is 7. The Hall–Kier alpha value is -3.86. The van der Waals surface area contributed by atoms with Crippen LogP contribution in [-0.2, 0) is 4.79 Å². The van der Waals surface area contributed by atoms with Crippen LogP contribution in [0.3, 0.4) is 0 Å². The summed E-state index contributed by atoms with van der Waals surface area (Å²) in [6.45, 7) is 0.646. The third kappa shape index (κ3) is 5.87. The molecule has 1 amide bonds. The summed E-state index contributed by atoms with van der Waals surface area (Å²) in [5.41, 5.74) is 2.31. The molecular weight excluding hydrogens is 572 g/mol. The highest BCUT2D eigenvalue weighted by atomic mass is 19.4. The molecular formula is C32H32F6N3O2+. The van der Waals surface area contributed by atoms with Gasteiger partial charge in [0, 0.05) is 40.4 Å². The molecule has 2 aromatic carbocycles. The standard InChI is InChI=1S/C32H31F6N3O2/c1-30-14-13-19-15-25(40-21-5-3-20(33)4-6-21)18(17-39)16-31(19,2)26(30)12-11-24(32(36,37)38)27(30)28(42)41-22-7-9-23(10-8-22)43-29(34)35/h3-10,12,15,17,24,27,29,39-40H,11,13-14,16H2,1-2H3,(H,41,42)/p+1/t24-,27-,30+,31+/m1/s1. The van der Waals surface area contributed by atoms with Crippen molar-refractivity contribution in [3.63, 3.8) is 0 Å². The van der Waals surface area contributed by atoms with Gasteiger partial charge in [-0.15, -0.1) is 0 Å². The van der Waals surface area contributed by atoms with Crippen LogP contribution in [0.2, 0.25) is 0 Å². The number of alkyl halides is 5. The molecule has 1 fully saturated rings. The number of nitrogens with two attached hydrogens (primary N) is 1. The molecule has 3 aliphatic carbocycles. The normalized spacial score (nSPS) is 27.1. The maximum Gasteiger partial charge on any atom is 0.392 e. The molecule has 0 heterocycles. The summed E-state index contributed by atoms with van der Waals surface area (Å²) >= 11 is 0. The Bertz CT molecular complexity index is 1500. The molecule has 4 atom stereocenters. The van der Waals surface area contributed by atoms with E-state index in [2.05, 4.69) is 10.1 Å². The number of nitrogens with one attached hydrogen (secondary N) is 2. The SMILES string of the molecule is C[C@]12CC(C=N)=C([NH2+]c3ccc(F)cc3)C=C1CC[C@@]1(C)C2=CC[C@@H](C(F)(F)F)[C@@H]1C(=O)Nc1ccc(OC(F)F)cc1. The quantitative estimate of drug-likeness (QED) is 0.133. The molecule has 0 saturated heterocycles. The average molecular weight is 605 g/mol. The van der Waals surface area contributed by atoms with Gasteiger partial charge in [0.2, 0.25) is 5.91 Å². The number of fused-ring (bicyclic) bond motifs is 3. The van der Waals surface area contributed by atoms with Crippen LogP contribution in [-0.4, -0.2) is 24.9 Å². The molecule has 11 heteroatoms. The Labute approximate surface area is 245 Å². The smallest absolute Gasteiger partial charge is 0.392 e. The van der Waals surface area contributed by atoms with Gasteiger partial charge in [0.25, 0.3) is 0 Å². The van der Waals surface area contributed by atoms with E-state index >= 15 is 0 Å². The van der Waals surface area contributed by atoms with Crippen LogP contribution in [0.25, 0.3) is 0 Å². The third-order valence-corrected chi connectivity index (χ3v) is 9.16. The van der Waals surface area contributed by atoms with E-state index in [1.54, 1.807) is 25.1 Å². The van der Waals surface area contributed by atoms with Crippen LogP contribution in [0.5, 0.6) is 5.75 Å². The van der Waals surface area contributed by atoms with Crippen LogP contribution in [0.15, 0.2) is 83.1 Å². The predicted molar refractivity (Wildman–Crippen MR) is 149 cm³/mol. The van der Waals surface area contributed by atoms with Crippen molar-refractivity contribution in [2.75, 3.05) is 5.32 Å². The summed E-state index contributed by atoms with van der Waals surface area (Å²) in [5.74, 6) is -4.66. The van der Waals surface area contributed by atoms with Crippen molar-refractivity contribution in [1.29, 1.82) is 5.41 Å². The van der Waals surface area contributed by atoms with Crippen molar-refractivity contribution in [2.24, 2.45) is 22.7 Å². The van der Waals surface area contributed by atoms with Gasteiger partial charge in [-0.3, -0.25) is 10.1 Å². The summed E-state index contributed by atoms with van der Waals surface area (Å²) in [4.78, 5) is 13.7. The monoisotopic (exact) mass is 604 g/mol. The van der Waals surface area contributed by atoms with Gasteiger partial charge in [-0.1, -0.05) is 31.1 Å².